The van der Waals surface area contributed by atoms with Crippen molar-refractivity contribution in [3.05, 3.63) is 75.2 Å². The third kappa shape index (κ3) is 9.56. The first-order chi connectivity index (χ1) is 27.2. The predicted molar refractivity (Wildman–Crippen MR) is 215 cm³/mol. The van der Waals surface area contributed by atoms with E-state index in [0.717, 1.165) is 33.9 Å². The number of carbonyl (C=O) groups is 4. The van der Waals surface area contributed by atoms with Gasteiger partial charge in [0.05, 0.1) is 29.0 Å². The maximum absolute atomic E-state index is 15.5. The summed E-state index contributed by atoms with van der Waals surface area (Å²) in [6, 6.07) is 9.79. The average Bonchev–Trinajstić information content (AvgIpc) is 3.94. The number of fused-ring (bicyclic) bond motifs is 2. The maximum atomic E-state index is 15.5. The van der Waals surface area contributed by atoms with Crippen LogP contribution >= 0.6 is 41.9 Å². The van der Waals surface area contributed by atoms with Gasteiger partial charge in [0.25, 0.3) is 5.91 Å². The van der Waals surface area contributed by atoms with Crippen molar-refractivity contribution in [2.75, 3.05) is 26.3 Å². The van der Waals surface area contributed by atoms with Crippen molar-refractivity contribution in [3.8, 4) is 10.4 Å². The maximum Gasteiger partial charge on any atom is 0.404 e. The number of rotatable bonds is 16. The fourth-order valence-corrected chi connectivity index (χ4v) is 10.7. The van der Waals surface area contributed by atoms with Gasteiger partial charge >= 0.3 is 13.3 Å². The smallest absolute Gasteiger partial charge is 0.370 e. The van der Waals surface area contributed by atoms with Crippen molar-refractivity contribution >= 4 is 75.6 Å². The summed E-state index contributed by atoms with van der Waals surface area (Å²) in [7, 11) is -4.85. The van der Waals surface area contributed by atoms with Gasteiger partial charge in [0.2, 0.25) is 17.7 Å². The molecule has 4 heterocycles. The molecular weight excluding hydrogens is 821 g/mol. The Kier molecular flexibility index (Phi) is 13.8. The van der Waals surface area contributed by atoms with Gasteiger partial charge < -0.3 is 35.6 Å². The standard InChI is InChI=1S/C38H44ClF2N6O7PS2/c1-3-53-55(52,54-4-2)38(40,41)24-10-15-30-23(18-24)19-31(56-30)35(50)46-28-20-43-17-16-26-13-14-29(47(26)37(28)51)34(49)45-27(6-5-7-33(42)48)36-44-21-32(57-36)22-8-11-25(39)12-9-22/h8-12,15,18-19,21,26-29,43H,3-7,13-14,16-17,20H2,1-2H3,(H2,42,48)(H,45,49)(H,46,50)/t26-,27+,28+,29+/m1/s1. The highest BCUT2D eigenvalue weighted by Crippen LogP contribution is 2.67. The van der Waals surface area contributed by atoms with Crippen LogP contribution < -0.4 is 21.7 Å². The summed E-state index contributed by atoms with van der Waals surface area (Å²) in [4.78, 5) is 60.8. The van der Waals surface area contributed by atoms with E-state index >= 15 is 8.78 Å². The van der Waals surface area contributed by atoms with E-state index in [1.807, 2.05) is 12.1 Å². The number of thiophene rings is 1. The van der Waals surface area contributed by atoms with E-state index < -0.39 is 54.7 Å². The molecule has 2 aromatic carbocycles. The lowest BCUT2D eigenvalue weighted by molar-refractivity contribution is -0.142. The summed E-state index contributed by atoms with van der Waals surface area (Å²) < 4.78 is 54.4. The summed E-state index contributed by atoms with van der Waals surface area (Å²) in [5.74, 6) is -1.84. The van der Waals surface area contributed by atoms with E-state index in [1.54, 1.807) is 23.2 Å². The second-order valence-electron chi connectivity index (χ2n) is 13.7. The molecule has 19 heteroatoms. The topological polar surface area (TPSA) is 182 Å². The molecule has 57 heavy (non-hydrogen) atoms. The largest absolute Gasteiger partial charge is 0.404 e. The normalized spacial score (nSPS) is 19.5. The van der Waals surface area contributed by atoms with Gasteiger partial charge in [-0.1, -0.05) is 29.8 Å². The van der Waals surface area contributed by atoms with Crippen LogP contribution in [0.15, 0.2) is 54.7 Å². The predicted octanol–water partition coefficient (Wildman–Crippen LogP) is 6.96. The molecule has 6 rings (SSSR count). The van der Waals surface area contributed by atoms with E-state index in [1.165, 1.54) is 37.3 Å². The Balaban J connectivity index is 1.18. The van der Waals surface area contributed by atoms with Crippen LogP contribution in [0.5, 0.6) is 0 Å². The van der Waals surface area contributed by atoms with Crippen molar-refractivity contribution in [2.24, 2.45) is 5.73 Å². The van der Waals surface area contributed by atoms with E-state index in [-0.39, 0.29) is 43.0 Å². The summed E-state index contributed by atoms with van der Waals surface area (Å²) in [5, 5.41) is 10.7. The third-order valence-electron chi connectivity index (χ3n) is 9.88. The number of hydrogen-bond donors (Lipinski definition) is 4. The highest BCUT2D eigenvalue weighted by molar-refractivity contribution is 7.54. The van der Waals surface area contributed by atoms with Gasteiger partial charge in [0.15, 0.2) is 0 Å². The number of carbonyl (C=O) groups excluding carboxylic acids is 4. The van der Waals surface area contributed by atoms with Gasteiger partial charge in [-0.2, -0.15) is 8.78 Å². The van der Waals surface area contributed by atoms with Crippen LogP contribution in [0.25, 0.3) is 20.5 Å². The monoisotopic (exact) mass is 864 g/mol. The van der Waals surface area contributed by atoms with Crippen LogP contribution in [0, 0.1) is 0 Å². The second-order valence-corrected chi connectivity index (χ2v) is 18.4. The molecule has 0 aliphatic carbocycles. The van der Waals surface area contributed by atoms with Crippen LogP contribution in [0.2, 0.25) is 5.02 Å². The van der Waals surface area contributed by atoms with Crippen molar-refractivity contribution in [2.45, 2.75) is 82.2 Å². The SMILES string of the molecule is CCOP(=O)(OCC)C(F)(F)c1ccc2sc(C(=O)N[C@H]3CNCC[C@H]4CC[C@@H](C(=O)N[C@@H](CCCC(N)=O)c5ncc(-c6ccc(Cl)cc6)s5)N4C3=O)cc2c1. The number of halogens is 3. The second kappa shape index (κ2) is 18.4. The fraction of sp³-hybridized carbons (Fsp3) is 0.447. The highest BCUT2D eigenvalue weighted by Gasteiger charge is 2.55. The molecule has 4 amide bonds. The molecule has 2 aromatic heterocycles. The quantitative estimate of drug-likeness (QED) is 0.0866. The van der Waals surface area contributed by atoms with Crippen molar-refractivity contribution in [1.82, 2.24) is 25.8 Å². The number of thiazole rings is 1. The Bertz CT molecular complexity index is 2140. The Hall–Kier alpha value is -3.83. The van der Waals surface area contributed by atoms with Gasteiger partial charge in [-0.3, -0.25) is 23.7 Å². The molecule has 0 unspecified atom stereocenters. The first-order valence-electron chi connectivity index (χ1n) is 18.7. The van der Waals surface area contributed by atoms with Gasteiger partial charge in [-0.15, -0.1) is 22.7 Å². The molecule has 4 aromatic rings. The highest BCUT2D eigenvalue weighted by atomic mass is 35.5. The van der Waals surface area contributed by atoms with E-state index in [2.05, 4.69) is 20.9 Å². The van der Waals surface area contributed by atoms with Crippen LogP contribution in [-0.2, 0) is 33.7 Å². The third-order valence-corrected chi connectivity index (χ3v) is 14.5. The zero-order valence-electron chi connectivity index (χ0n) is 31.3. The molecule has 0 saturated carbocycles. The number of benzene rings is 2. The number of hydrogen-bond acceptors (Lipinski definition) is 11. The minimum absolute atomic E-state index is 0.107. The zero-order valence-corrected chi connectivity index (χ0v) is 34.6. The molecular formula is C38H44ClF2N6O7PS2. The Morgan fingerprint density at radius 1 is 1.09 bits per heavy atom. The molecule has 0 radical (unpaired) electrons. The van der Waals surface area contributed by atoms with Crippen LogP contribution in [0.1, 0.15) is 78.7 Å². The van der Waals surface area contributed by atoms with E-state index in [4.69, 9.17) is 26.4 Å². The molecule has 2 fully saturated rings. The summed E-state index contributed by atoms with van der Waals surface area (Å²) in [5.41, 5.74) is 1.79. The summed E-state index contributed by atoms with van der Waals surface area (Å²) >= 11 is 8.53. The fourth-order valence-electron chi connectivity index (χ4n) is 7.12. The number of aromatic nitrogens is 1. The lowest BCUT2D eigenvalue weighted by Crippen LogP contribution is -2.60. The van der Waals surface area contributed by atoms with Gasteiger partial charge in [-0.05, 0) is 93.8 Å². The number of nitrogens with two attached hydrogens (primary N) is 1. The molecule has 0 spiro atoms. The first kappa shape index (κ1) is 42.8. The summed E-state index contributed by atoms with van der Waals surface area (Å²) in [6.07, 6.45) is 4.25. The molecule has 2 aliphatic rings. The molecule has 0 bridgehead atoms. The van der Waals surface area contributed by atoms with Crippen LogP contribution in [-0.4, -0.2) is 77.9 Å². The Morgan fingerprint density at radius 3 is 2.53 bits per heavy atom. The molecule has 306 valence electrons. The zero-order chi connectivity index (χ0) is 40.9. The Labute approximate surface area is 341 Å². The molecule has 2 aliphatic heterocycles. The number of nitrogens with zero attached hydrogens (tertiary/aromatic N) is 2. The lowest BCUT2D eigenvalue weighted by atomic mass is 10.1. The van der Waals surface area contributed by atoms with E-state index in [0.29, 0.717) is 58.8 Å². The Morgan fingerprint density at radius 2 is 1.82 bits per heavy atom. The number of amides is 4. The average molecular weight is 865 g/mol. The molecule has 13 nitrogen and oxygen atoms in total. The van der Waals surface area contributed by atoms with Crippen LogP contribution in [0.4, 0.5) is 8.78 Å². The van der Waals surface area contributed by atoms with Crippen molar-refractivity contribution in [1.29, 1.82) is 0 Å². The van der Waals surface area contributed by atoms with Crippen LogP contribution in [0.3, 0.4) is 0 Å². The molecule has 4 atom stereocenters. The number of alkyl halides is 2. The van der Waals surface area contributed by atoms with Gasteiger partial charge in [-0.25, -0.2) is 4.98 Å². The lowest BCUT2D eigenvalue weighted by Gasteiger charge is -2.35. The van der Waals surface area contributed by atoms with Gasteiger partial charge in [0.1, 0.15) is 17.1 Å². The number of primary amides is 1. The van der Waals surface area contributed by atoms with Gasteiger partial charge in [0, 0.05) is 40.5 Å². The minimum Gasteiger partial charge on any atom is -0.370 e. The van der Waals surface area contributed by atoms with E-state index in [9.17, 15) is 23.7 Å². The number of nitrogens with one attached hydrogen (secondary N) is 3. The first-order valence-corrected chi connectivity index (χ1v) is 22.2. The molecule has 5 N–H and O–H groups in total. The minimum atomic E-state index is -4.85. The van der Waals surface area contributed by atoms with Crippen molar-refractivity contribution in [3.63, 3.8) is 0 Å². The summed E-state index contributed by atoms with van der Waals surface area (Å²) in [6.45, 7) is 3.06. The van der Waals surface area contributed by atoms with Crippen molar-refractivity contribution < 1.29 is 41.6 Å². The molecule has 2 saturated heterocycles.